The first-order chi connectivity index (χ1) is 17.9. The second kappa shape index (κ2) is 11.2. The average molecular weight is 501 g/mol. The van der Waals surface area contributed by atoms with Crippen LogP contribution in [0.3, 0.4) is 0 Å². The number of halogens is 2. The molecule has 1 aromatic heterocycles. The van der Waals surface area contributed by atoms with Crippen molar-refractivity contribution in [3.05, 3.63) is 101 Å². The first kappa shape index (κ1) is 25.2. The van der Waals surface area contributed by atoms with Crippen molar-refractivity contribution < 1.29 is 23.1 Å². The van der Waals surface area contributed by atoms with Crippen LogP contribution in [0.15, 0.2) is 72.8 Å². The summed E-state index contributed by atoms with van der Waals surface area (Å²) in [6.45, 7) is 2.13. The van der Waals surface area contributed by atoms with E-state index in [2.05, 4.69) is 10.3 Å². The minimum Gasteiger partial charge on any atom is -0.457 e. The Kier molecular flexibility index (Phi) is 7.64. The van der Waals surface area contributed by atoms with E-state index >= 15 is 0 Å². The predicted molar refractivity (Wildman–Crippen MR) is 131 cm³/mol. The zero-order valence-electron chi connectivity index (χ0n) is 19.8. The Morgan fingerprint density at radius 1 is 1.03 bits per heavy atom. The van der Waals surface area contributed by atoms with Crippen molar-refractivity contribution in [1.82, 2.24) is 15.0 Å². The lowest BCUT2D eigenvalue weighted by Gasteiger charge is -2.22. The van der Waals surface area contributed by atoms with E-state index in [0.29, 0.717) is 16.8 Å². The van der Waals surface area contributed by atoms with Gasteiger partial charge in [0.15, 0.2) is 5.69 Å². The van der Waals surface area contributed by atoms with Gasteiger partial charge < -0.3 is 4.74 Å². The van der Waals surface area contributed by atoms with E-state index in [1.54, 1.807) is 24.3 Å². The van der Waals surface area contributed by atoms with E-state index in [1.807, 2.05) is 37.3 Å². The van der Waals surface area contributed by atoms with Gasteiger partial charge in [-0.2, -0.15) is 5.26 Å². The van der Waals surface area contributed by atoms with Crippen molar-refractivity contribution in [2.24, 2.45) is 0 Å². The molecular formula is C27H21F2N5O3. The molecule has 1 heterocycles. The number of hydrogen-bond acceptors (Lipinski definition) is 6. The molecule has 8 nitrogen and oxygen atoms in total. The second-order valence-electron chi connectivity index (χ2n) is 7.95. The van der Waals surface area contributed by atoms with Crippen LogP contribution in [0.2, 0.25) is 0 Å². The lowest BCUT2D eigenvalue weighted by Crippen LogP contribution is -2.36. The van der Waals surface area contributed by atoms with E-state index in [4.69, 9.17) is 4.74 Å². The highest BCUT2D eigenvalue weighted by molar-refractivity contribution is 5.97. The molecule has 0 unspecified atom stereocenters. The molecule has 0 aliphatic heterocycles. The zero-order chi connectivity index (χ0) is 26.4. The Hall–Kier alpha value is -4.91. The smallest absolute Gasteiger partial charge is 0.351 e. The Balaban J connectivity index is 1.63. The van der Waals surface area contributed by atoms with Gasteiger partial charge in [0, 0.05) is 12.2 Å². The van der Waals surface area contributed by atoms with Crippen LogP contribution in [-0.2, 0) is 11.3 Å². The molecule has 10 heteroatoms. The molecule has 37 heavy (non-hydrogen) atoms. The number of carbonyl (C=O) groups is 2. The van der Waals surface area contributed by atoms with E-state index in [1.165, 1.54) is 17.0 Å². The Morgan fingerprint density at radius 3 is 2.41 bits per heavy atom. The van der Waals surface area contributed by atoms with Crippen LogP contribution in [0.5, 0.6) is 0 Å². The van der Waals surface area contributed by atoms with Gasteiger partial charge in [0.1, 0.15) is 30.0 Å². The summed E-state index contributed by atoms with van der Waals surface area (Å²) in [5.41, 5.74) is 0.0274. The lowest BCUT2D eigenvalue weighted by molar-refractivity contribution is 0.0472. The number of nitriles is 1. The molecule has 0 saturated carbocycles. The number of hydrogen-bond donors (Lipinski definition) is 0. The van der Waals surface area contributed by atoms with Crippen LogP contribution in [0.25, 0.3) is 11.3 Å². The number of aromatic nitrogens is 3. The maximum atomic E-state index is 14.3. The van der Waals surface area contributed by atoms with Crippen molar-refractivity contribution in [3.63, 3.8) is 0 Å². The predicted octanol–water partition coefficient (Wildman–Crippen LogP) is 5.34. The van der Waals surface area contributed by atoms with Gasteiger partial charge in [-0.05, 0) is 42.3 Å². The molecule has 0 aliphatic rings. The van der Waals surface area contributed by atoms with E-state index in [-0.39, 0.29) is 24.4 Å². The molecule has 3 aromatic carbocycles. The molecule has 0 fully saturated rings. The molecule has 4 aromatic rings. The van der Waals surface area contributed by atoms with Gasteiger partial charge in [-0.1, -0.05) is 54.6 Å². The number of rotatable bonds is 7. The average Bonchev–Trinajstić information content (AvgIpc) is 3.34. The number of benzene rings is 3. The van der Waals surface area contributed by atoms with Crippen molar-refractivity contribution in [1.29, 1.82) is 5.26 Å². The Bertz CT molecular complexity index is 1460. The first-order valence-electron chi connectivity index (χ1n) is 11.4. The molecule has 0 bridgehead atoms. The molecule has 0 aliphatic carbocycles. The normalized spacial score (nSPS) is 10.5. The van der Waals surface area contributed by atoms with Crippen molar-refractivity contribution in [3.8, 4) is 17.3 Å². The highest BCUT2D eigenvalue weighted by atomic mass is 19.1. The summed E-state index contributed by atoms with van der Waals surface area (Å²) >= 11 is 0. The summed E-state index contributed by atoms with van der Waals surface area (Å²) in [7, 11) is 0. The number of ether oxygens (including phenoxy) is 1. The molecular weight excluding hydrogens is 480 g/mol. The van der Waals surface area contributed by atoms with Gasteiger partial charge in [-0.15, -0.1) is 9.78 Å². The fraction of sp³-hybridized carbons (Fsp3) is 0.148. The Labute approximate surface area is 211 Å². The van der Waals surface area contributed by atoms with Gasteiger partial charge in [-0.3, -0.25) is 4.90 Å². The third kappa shape index (κ3) is 5.36. The molecule has 4 rings (SSSR count). The van der Waals surface area contributed by atoms with Gasteiger partial charge >= 0.3 is 12.0 Å². The van der Waals surface area contributed by atoms with Gasteiger partial charge in [0.05, 0.1) is 11.1 Å². The third-order valence-corrected chi connectivity index (χ3v) is 5.44. The summed E-state index contributed by atoms with van der Waals surface area (Å²) in [5.74, 6) is -2.46. The molecule has 0 atom stereocenters. The monoisotopic (exact) mass is 501 g/mol. The SMILES string of the molecule is CCCN(C(=O)n1nnc(-c2c(F)cccc2F)c1C#N)c1cccc(C(=O)OCc2ccccc2)c1. The topological polar surface area (TPSA) is 101 Å². The fourth-order valence-corrected chi connectivity index (χ4v) is 3.69. The molecule has 0 N–H and O–H groups in total. The molecule has 0 radical (unpaired) electrons. The minimum absolute atomic E-state index is 0.0847. The summed E-state index contributed by atoms with van der Waals surface area (Å²) in [4.78, 5) is 27.4. The van der Waals surface area contributed by atoms with Crippen LogP contribution in [0.1, 0.15) is 35.0 Å². The fourth-order valence-electron chi connectivity index (χ4n) is 3.69. The van der Waals surface area contributed by atoms with E-state index in [9.17, 15) is 23.6 Å². The lowest BCUT2D eigenvalue weighted by atomic mass is 10.1. The molecule has 186 valence electrons. The number of anilines is 1. The summed E-state index contributed by atoms with van der Waals surface area (Å²) in [5, 5.41) is 17.2. The van der Waals surface area contributed by atoms with Crippen molar-refractivity contribution in [2.75, 3.05) is 11.4 Å². The number of carbonyl (C=O) groups excluding carboxylic acids is 2. The van der Waals surface area contributed by atoms with Crippen LogP contribution < -0.4 is 4.90 Å². The first-order valence-corrected chi connectivity index (χ1v) is 11.4. The number of amides is 1. The summed E-state index contributed by atoms with van der Waals surface area (Å²) in [6.07, 6.45) is 0.528. The van der Waals surface area contributed by atoms with Crippen molar-refractivity contribution >= 4 is 17.7 Å². The second-order valence-corrected chi connectivity index (χ2v) is 7.95. The van der Waals surface area contributed by atoms with Gasteiger partial charge in [-0.25, -0.2) is 18.4 Å². The van der Waals surface area contributed by atoms with Gasteiger partial charge in [0.25, 0.3) is 0 Å². The van der Waals surface area contributed by atoms with Crippen LogP contribution in [0, 0.1) is 23.0 Å². The standard InChI is InChI=1S/C27H21F2N5O3/c1-2-14-33(20-11-6-10-19(15-20)26(35)37-17-18-8-4-3-5-9-18)27(36)34-23(16-30)25(31-32-34)24-21(28)12-7-13-22(24)29/h3-13,15H,2,14,17H2,1H3. The number of esters is 1. The highest BCUT2D eigenvalue weighted by Gasteiger charge is 2.27. The van der Waals surface area contributed by atoms with E-state index in [0.717, 1.165) is 17.7 Å². The van der Waals surface area contributed by atoms with Crippen LogP contribution >= 0.6 is 0 Å². The van der Waals surface area contributed by atoms with Crippen LogP contribution in [-0.4, -0.2) is 33.5 Å². The largest absolute Gasteiger partial charge is 0.457 e. The molecule has 1 amide bonds. The molecule has 0 saturated heterocycles. The summed E-state index contributed by atoms with van der Waals surface area (Å²) < 4.78 is 34.7. The minimum atomic E-state index is -0.942. The van der Waals surface area contributed by atoms with E-state index < -0.39 is 34.9 Å². The Morgan fingerprint density at radius 2 is 1.73 bits per heavy atom. The maximum absolute atomic E-state index is 14.3. The zero-order valence-corrected chi connectivity index (χ0v) is 19.8. The van der Waals surface area contributed by atoms with Gasteiger partial charge in [0.2, 0.25) is 0 Å². The molecule has 0 spiro atoms. The summed E-state index contributed by atoms with van der Waals surface area (Å²) in [6, 6.07) is 19.7. The highest BCUT2D eigenvalue weighted by Crippen LogP contribution is 2.27. The number of nitrogens with zero attached hydrogens (tertiary/aromatic N) is 5. The van der Waals surface area contributed by atoms with Crippen molar-refractivity contribution in [2.45, 2.75) is 20.0 Å². The maximum Gasteiger partial charge on any atom is 0.351 e. The third-order valence-electron chi connectivity index (χ3n) is 5.44. The van der Waals surface area contributed by atoms with Crippen LogP contribution in [0.4, 0.5) is 19.3 Å². The quantitative estimate of drug-likeness (QED) is 0.317.